The van der Waals surface area contributed by atoms with E-state index in [0.29, 0.717) is 19.0 Å². The molecule has 5 heteroatoms. The summed E-state index contributed by atoms with van der Waals surface area (Å²) in [4.78, 5) is 0. The highest BCUT2D eigenvalue weighted by Gasteiger charge is 2.18. The molecule has 0 N–H and O–H groups in total. The van der Waals surface area contributed by atoms with E-state index in [-0.39, 0.29) is 0 Å². The van der Waals surface area contributed by atoms with Gasteiger partial charge in [0.1, 0.15) is 0 Å². The smallest absolute Gasteiger partial charge is 0.0793 e. The van der Waals surface area contributed by atoms with Crippen LogP contribution in [-0.4, -0.2) is 38.9 Å². The van der Waals surface area contributed by atoms with Crippen molar-refractivity contribution < 1.29 is 14.2 Å². The second kappa shape index (κ2) is 14.5. The molecule has 122 valence electrons. The van der Waals surface area contributed by atoms with Crippen molar-refractivity contribution in [1.29, 1.82) is 0 Å². The summed E-state index contributed by atoms with van der Waals surface area (Å²) in [5.41, 5.74) is 0. The third-order valence-corrected chi connectivity index (χ3v) is 5.81. The molecule has 0 radical (unpaired) electrons. The molecular formula is C15H33O3PS. The van der Waals surface area contributed by atoms with E-state index in [1.807, 2.05) is 0 Å². The molecule has 0 aromatic rings. The summed E-state index contributed by atoms with van der Waals surface area (Å²) in [6, 6.07) is -1.67. The molecule has 0 aliphatic heterocycles. The molecule has 0 fully saturated rings. The largest absolute Gasteiger partial charge is 0.376 e. The molecule has 0 spiro atoms. The lowest BCUT2D eigenvalue weighted by atomic mass is 10.4. The highest BCUT2D eigenvalue weighted by Crippen LogP contribution is 2.46. The summed E-state index contributed by atoms with van der Waals surface area (Å²) in [6.45, 7) is 8.92. The van der Waals surface area contributed by atoms with E-state index in [0.717, 1.165) is 58.3 Å². The Labute approximate surface area is 130 Å². The Bertz CT molecular complexity index is 211. The molecule has 3 nitrogen and oxygen atoms in total. The first kappa shape index (κ1) is 20.5. The van der Waals surface area contributed by atoms with Crippen LogP contribution in [0, 0.1) is 0 Å². The van der Waals surface area contributed by atoms with E-state index in [9.17, 15) is 0 Å². The Morgan fingerprint density at radius 2 is 0.950 bits per heavy atom. The standard InChI is InChI=1S/C15H33O3PS/c1-4-7-10-16-13-19(20,14-17-11-8-5-2)15-18-12-9-6-3/h4-15H2,1-3H3. The Morgan fingerprint density at radius 3 is 1.20 bits per heavy atom. The predicted octanol–water partition coefficient (Wildman–Crippen LogP) is 4.79. The number of hydrogen-bond donors (Lipinski definition) is 0. The topological polar surface area (TPSA) is 27.7 Å². The molecule has 0 unspecified atom stereocenters. The van der Waals surface area contributed by atoms with Gasteiger partial charge in [0.25, 0.3) is 0 Å². The molecule has 0 rings (SSSR count). The summed E-state index contributed by atoms with van der Waals surface area (Å²) in [5, 5.41) is 0. The first-order chi connectivity index (χ1) is 9.68. The lowest BCUT2D eigenvalue weighted by Gasteiger charge is -2.22. The van der Waals surface area contributed by atoms with Crippen LogP contribution in [0.2, 0.25) is 0 Å². The van der Waals surface area contributed by atoms with Crippen LogP contribution >= 0.6 is 6.04 Å². The van der Waals surface area contributed by atoms with Gasteiger partial charge >= 0.3 is 0 Å². The Kier molecular flexibility index (Phi) is 14.8. The van der Waals surface area contributed by atoms with Crippen LogP contribution < -0.4 is 0 Å². The van der Waals surface area contributed by atoms with E-state index >= 15 is 0 Å². The van der Waals surface area contributed by atoms with E-state index in [4.69, 9.17) is 26.0 Å². The van der Waals surface area contributed by atoms with Gasteiger partial charge in [-0.3, -0.25) is 0 Å². The van der Waals surface area contributed by atoms with Crippen molar-refractivity contribution in [3.63, 3.8) is 0 Å². The van der Waals surface area contributed by atoms with Crippen molar-refractivity contribution in [3.8, 4) is 0 Å². The maximum atomic E-state index is 5.79. The lowest BCUT2D eigenvalue weighted by molar-refractivity contribution is 0.141. The van der Waals surface area contributed by atoms with Crippen molar-refractivity contribution >= 4 is 17.8 Å². The number of ether oxygens (including phenoxy) is 3. The van der Waals surface area contributed by atoms with Crippen LogP contribution in [0.4, 0.5) is 0 Å². The van der Waals surface area contributed by atoms with Gasteiger partial charge in [0.2, 0.25) is 0 Å². The number of hydrogen-bond acceptors (Lipinski definition) is 4. The first-order valence-electron chi connectivity index (χ1n) is 7.98. The van der Waals surface area contributed by atoms with Gasteiger partial charge in [0.15, 0.2) is 0 Å². The predicted molar refractivity (Wildman–Crippen MR) is 91.5 cm³/mol. The highest BCUT2D eigenvalue weighted by molar-refractivity contribution is 8.14. The molecule has 0 aliphatic carbocycles. The average molecular weight is 324 g/mol. The molecule has 0 bridgehead atoms. The molecule has 0 atom stereocenters. The molecule has 0 aliphatic rings. The second-order valence-corrected chi connectivity index (χ2v) is 10.4. The summed E-state index contributed by atoms with van der Waals surface area (Å²) in [5.74, 6) is 0. The molecule has 0 aromatic heterocycles. The first-order valence-corrected chi connectivity index (χ1v) is 11.3. The van der Waals surface area contributed by atoms with Crippen molar-refractivity contribution in [2.24, 2.45) is 0 Å². The summed E-state index contributed by atoms with van der Waals surface area (Å²) in [7, 11) is 0. The number of unbranched alkanes of at least 4 members (excludes halogenated alkanes) is 3. The second-order valence-electron chi connectivity index (χ2n) is 5.23. The fourth-order valence-electron chi connectivity index (χ4n) is 1.54. The SMILES string of the molecule is CCCCOCP(=S)(COCCCC)COCCCC. The van der Waals surface area contributed by atoms with Gasteiger partial charge in [-0.25, -0.2) is 0 Å². The third-order valence-electron chi connectivity index (χ3n) is 2.91. The fourth-order valence-corrected chi connectivity index (χ4v) is 3.82. The maximum absolute atomic E-state index is 5.79. The van der Waals surface area contributed by atoms with E-state index in [1.54, 1.807) is 0 Å². The molecule has 20 heavy (non-hydrogen) atoms. The van der Waals surface area contributed by atoms with E-state index in [2.05, 4.69) is 20.8 Å². The van der Waals surface area contributed by atoms with Crippen LogP contribution in [-0.2, 0) is 26.0 Å². The summed E-state index contributed by atoms with van der Waals surface area (Å²) >= 11 is 5.79. The van der Waals surface area contributed by atoms with Crippen molar-refractivity contribution in [2.45, 2.75) is 59.3 Å². The molecule has 0 saturated carbocycles. The van der Waals surface area contributed by atoms with Gasteiger partial charge in [0.05, 0.1) is 19.0 Å². The molecule has 0 saturated heterocycles. The molecule has 0 heterocycles. The zero-order chi connectivity index (χ0) is 15.1. The van der Waals surface area contributed by atoms with Crippen LogP contribution in [0.25, 0.3) is 0 Å². The van der Waals surface area contributed by atoms with Gasteiger partial charge in [-0.2, -0.15) is 0 Å². The average Bonchev–Trinajstić information content (AvgIpc) is 2.45. The Morgan fingerprint density at radius 1 is 0.650 bits per heavy atom. The van der Waals surface area contributed by atoms with E-state index in [1.165, 1.54) is 0 Å². The van der Waals surface area contributed by atoms with Gasteiger partial charge < -0.3 is 14.2 Å². The van der Waals surface area contributed by atoms with Gasteiger partial charge in [-0.1, -0.05) is 51.8 Å². The Hall–Kier alpha value is 0.530. The van der Waals surface area contributed by atoms with Crippen LogP contribution in [0.1, 0.15) is 59.3 Å². The summed E-state index contributed by atoms with van der Waals surface area (Å²) < 4.78 is 17.2. The van der Waals surface area contributed by atoms with Gasteiger partial charge in [0, 0.05) is 25.9 Å². The van der Waals surface area contributed by atoms with Crippen molar-refractivity contribution in [2.75, 3.05) is 38.9 Å². The van der Waals surface area contributed by atoms with Crippen LogP contribution in [0.15, 0.2) is 0 Å². The van der Waals surface area contributed by atoms with Crippen molar-refractivity contribution in [1.82, 2.24) is 0 Å². The molecular weight excluding hydrogens is 291 g/mol. The minimum atomic E-state index is -1.67. The maximum Gasteiger partial charge on any atom is 0.0793 e. The molecule has 0 aromatic carbocycles. The molecule has 0 amide bonds. The summed E-state index contributed by atoms with van der Waals surface area (Å²) in [6.07, 6.45) is 8.73. The van der Waals surface area contributed by atoms with Crippen LogP contribution in [0.3, 0.4) is 0 Å². The van der Waals surface area contributed by atoms with Crippen LogP contribution in [0.5, 0.6) is 0 Å². The lowest BCUT2D eigenvalue weighted by Crippen LogP contribution is -2.10. The van der Waals surface area contributed by atoms with Gasteiger partial charge in [-0.05, 0) is 19.3 Å². The minimum absolute atomic E-state index is 0.653. The zero-order valence-electron chi connectivity index (χ0n) is 13.6. The normalized spacial score (nSPS) is 11.9. The minimum Gasteiger partial charge on any atom is -0.376 e. The fraction of sp³-hybridized carbons (Fsp3) is 1.00. The van der Waals surface area contributed by atoms with Gasteiger partial charge in [-0.15, -0.1) is 0 Å². The third kappa shape index (κ3) is 12.3. The zero-order valence-corrected chi connectivity index (χ0v) is 15.3. The Balaban J connectivity index is 4.02. The number of rotatable bonds is 15. The van der Waals surface area contributed by atoms with E-state index < -0.39 is 6.04 Å². The highest BCUT2D eigenvalue weighted by atomic mass is 32.4. The quantitative estimate of drug-likeness (QED) is 0.320. The van der Waals surface area contributed by atoms with Crippen molar-refractivity contribution in [3.05, 3.63) is 0 Å². The monoisotopic (exact) mass is 324 g/mol.